The number of hydrogen-bond acceptors (Lipinski definition) is 3. The van der Waals surface area contributed by atoms with E-state index in [4.69, 9.17) is 4.74 Å². The number of nitrogens with one attached hydrogen (secondary N) is 1. The van der Waals surface area contributed by atoms with Crippen LogP contribution < -0.4 is 10.3 Å². The van der Waals surface area contributed by atoms with E-state index < -0.39 is 0 Å². The van der Waals surface area contributed by atoms with E-state index in [0.717, 1.165) is 6.42 Å². The zero-order chi connectivity index (χ0) is 9.90. The number of ether oxygens (including phenoxy) is 1. The summed E-state index contributed by atoms with van der Waals surface area (Å²) in [6.45, 7) is 5.83. The molecule has 1 aromatic rings. The number of aromatic amines is 1. The molecule has 4 heteroatoms. The van der Waals surface area contributed by atoms with E-state index in [1.807, 2.05) is 20.8 Å². The van der Waals surface area contributed by atoms with Gasteiger partial charge in [-0.25, -0.2) is 4.98 Å². The lowest BCUT2D eigenvalue weighted by molar-refractivity contribution is 0.0967. The zero-order valence-corrected chi connectivity index (χ0v) is 8.13. The van der Waals surface area contributed by atoms with Gasteiger partial charge in [0.2, 0.25) is 0 Å². The van der Waals surface area contributed by atoms with Crippen LogP contribution in [0.5, 0.6) is 5.88 Å². The number of nitrogens with zero attached hydrogens (tertiary/aromatic N) is 1. The Morgan fingerprint density at radius 3 is 2.85 bits per heavy atom. The van der Waals surface area contributed by atoms with Crippen LogP contribution in [0.25, 0.3) is 0 Å². The Morgan fingerprint density at radius 2 is 2.31 bits per heavy atom. The van der Waals surface area contributed by atoms with Crippen LogP contribution in [-0.4, -0.2) is 15.6 Å². The molecule has 13 heavy (non-hydrogen) atoms. The number of H-pyrrole nitrogens is 1. The van der Waals surface area contributed by atoms with Gasteiger partial charge in [0.15, 0.2) is 0 Å². The first-order valence-corrected chi connectivity index (χ1v) is 4.28. The van der Waals surface area contributed by atoms with Crippen LogP contribution in [0.3, 0.4) is 0 Å². The van der Waals surface area contributed by atoms with Gasteiger partial charge in [-0.15, -0.1) is 0 Å². The van der Waals surface area contributed by atoms with Gasteiger partial charge in [0.1, 0.15) is 5.60 Å². The largest absolute Gasteiger partial charge is 0.468 e. The summed E-state index contributed by atoms with van der Waals surface area (Å²) < 4.78 is 5.43. The minimum absolute atomic E-state index is 0.134. The molecule has 0 saturated carbocycles. The lowest BCUT2D eigenvalue weighted by Crippen LogP contribution is -2.30. The molecule has 0 radical (unpaired) electrons. The van der Waals surface area contributed by atoms with Crippen LogP contribution in [-0.2, 0) is 0 Å². The maximum atomic E-state index is 11.2. The molecule has 1 heterocycles. The Hall–Kier alpha value is -1.32. The average molecular weight is 182 g/mol. The van der Waals surface area contributed by atoms with Gasteiger partial charge in [-0.05, 0) is 20.3 Å². The minimum Gasteiger partial charge on any atom is -0.468 e. The van der Waals surface area contributed by atoms with Crippen molar-refractivity contribution in [2.75, 3.05) is 0 Å². The molecule has 0 aliphatic heterocycles. The molecule has 0 amide bonds. The number of aromatic nitrogens is 2. The fourth-order valence-corrected chi connectivity index (χ4v) is 0.745. The van der Waals surface area contributed by atoms with Crippen LogP contribution >= 0.6 is 0 Å². The van der Waals surface area contributed by atoms with Crippen LogP contribution in [0.15, 0.2) is 17.2 Å². The lowest BCUT2D eigenvalue weighted by Gasteiger charge is -2.22. The number of rotatable bonds is 3. The predicted octanol–water partition coefficient (Wildman–Crippen LogP) is 1.34. The van der Waals surface area contributed by atoms with Crippen molar-refractivity contribution in [3.8, 4) is 5.88 Å². The van der Waals surface area contributed by atoms with Gasteiger partial charge in [0.05, 0.1) is 0 Å². The SMILES string of the molecule is CCC(C)(C)Oc1ncc[nH]c1=O. The molecule has 72 valence electrons. The summed E-state index contributed by atoms with van der Waals surface area (Å²) >= 11 is 0. The molecule has 0 fully saturated rings. The molecule has 0 aromatic carbocycles. The summed E-state index contributed by atoms with van der Waals surface area (Å²) in [6.07, 6.45) is 3.81. The Bertz CT molecular complexity index is 330. The van der Waals surface area contributed by atoms with Crippen LogP contribution in [0.4, 0.5) is 0 Å². The van der Waals surface area contributed by atoms with Gasteiger partial charge < -0.3 is 9.72 Å². The summed E-state index contributed by atoms with van der Waals surface area (Å²) in [4.78, 5) is 17.5. The maximum absolute atomic E-state index is 11.2. The van der Waals surface area contributed by atoms with Crippen LogP contribution in [0.2, 0.25) is 0 Å². The molecule has 4 nitrogen and oxygen atoms in total. The Labute approximate surface area is 77.0 Å². The monoisotopic (exact) mass is 182 g/mol. The summed E-state index contributed by atoms with van der Waals surface area (Å²) in [5, 5.41) is 0. The van der Waals surface area contributed by atoms with Crippen molar-refractivity contribution in [2.24, 2.45) is 0 Å². The molecule has 0 bridgehead atoms. The van der Waals surface area contributed by atoms with Crippen molar-refractivity contribution in [3.63, 3.8) is 0 Å². The molecule has 0 atom stereocenters. The van der Waals surface area contributed by atoms with E-state index in [1.165, 1.54) is 12.4 Å². The van der Waals surface area contributed by atoms with Crippen molar-refractivity contribution < 1.29 is 4.74 Å². The highest BCUT2D eigenvalue weighted by molar-refractivity contribution is 5.04. The molecular weight excluding hydrogens is 168 g/mol. The van der Waals surface area contributed by atoms with Crippen molar-refractivity contribution in [2.45, 2.75) is 32.8 Å². The van der Waals surface area contributed by atoms with E-state index in [1.54, 1.807) is 0 Å². The van der Waals surface area contributed by atoms with Gasteiger partial charge >= 0.3 is 5.56 Å². The van der Waals surface area contributed by atoms with Crippen molar-refractivity contribution in [1.29, 1.82) is 0 Å². The summed E-state index contributed by atoms with van der Waals surface area (Å²) in [5.74, 6) is 0.134. The second-order valence-electron chi connectivity index (χ2n) is 3.44. The smallest absolute Gasteiger partial charge is 0.310 e. The third kappa shape index (κ3) is 2.57. The predicted molar refractivity (Wildman–Crippen MR) is 49.9 cm³/mol. The minimum atomic E-state index is -0.346. The fraction of sp³-hybridized carbons (Fsp3) is 0.556. The van der Waals surface area contributed by atoms with Gasteiger partial charge in [-0.1, -0.05) is 6.92 Å². The molecule has 0 spiro atoms. The Balaban J connectivity index is 2.87. The van der Waals surface area contributed by atoms with Crippen LogP contribution in [0, 0.1) is 0 Å². The van der Waals surface area contributed by atoms with E-state index in [2.05, 4.69) is 9.97 Å². The molecule has 0 aliphatic rings. The maximum Gasteiger partial charge on any atom is 0.310 e. The topological polar surface area (TPSA) is 55.0 Å². The molecule has 1 N–H and O–H groups in total. The molecule has 1 aromatic heterocycles. The highest BCUT2D eigenvalue weighted by atomic mass is 16.5. The molecule has 0 saturated heterocycles. The third-order valence-corrected chi connectivity index (χ3v) is 1.90. The zero-order valence-electron chi connectivity index (χ0n) is 8.13. The highest BCUT2D eigenvalue weighted by Gasteiger charge is 2.18. The van der Waals surface area contributed by atoms with Gasteiger partial charge in [-0.2, -0.15) is 0 Å². The molecule has 1 rings (SSSR count). The van der Waals surface area contributed by atoms with E-state index in [0.29, 0.717) is 0 Å². The Morgan fingerprint density at radius 1 is 1.62 bits per heavy atom. The highest BCUT2D eigenvalue weighted by Crippen LogP contribution is 2.14. The normalized spacial score (nSPS) is 11.3. The average Bonchev–Trinajstić information content (AvgIpc) is 2.09. The quantitative estimate of drug-likeness (QED) is 0.767. The van der Waals surface area contributed by atoms with Crippen LogP contribution in [0.1, 0.15) is 27.2 Å². The van der Waals surface area contributed by atoms with Crippen molar-refractivity contribution in [3.05, 3.63) is 22.7 Å². The Kier molecular flexibility index (Phi) is 2.70. The lowest BCUT2D eigenvalue weighted by atomic mass is 10.1. The second-order valence-corrected chi connectivity index (χ2v) is 3.44. The summed E-state index contributed by atoms with van der Waals surface area (Å²) in [5.41, 5.74) is -0.634. The molecule has 0 aliphatic carbocycles. The third-order valence-electron chi connectivity index (χ3n) is 1.90. The van der Waals surface area contributed by atoms with E-state index in [-0.39, 0.29) is 17.0 Å². The van der Waals surface area contributed by atoms with Gasteiger partial charge in [0.25, 0.3) is 5.88 Å². The standard InChI is InChI=1S/C9H14N2O2/c1-4-9(2,3)13-8-7(12)10-5-6-11-8/h5-6H,4H2,1-3H3,(H,10,12). The van der Waals surface area contributed by atoms with Gasteiger partial charge in [0, 0.05) is 12.4 Å². The second kappa shape index (κ2) is 3.60. The van der Waals surface area contributed by atoms with Crippen molar-refractivity contribution in [1.82, 2.24) is 9.97 Å². The number of hydrogen-bond donors (Lipinski definition) is 1. The first-order chi connectivity index (χ1) is 6.05. The first kappa shape index (κ1) is 9.77. The molecular formula is C9H14N2O2. The molecule has 0 unspecified atom stereocenters. The first-order valence-electron chi connectivity index (χ1n) is 4.28. The fourth-order valence-electron chi connectivity index (χ4n) is 0.745. The summed E-state index contributed by atoms with van der Waals surface area (Å²) in [6, 6.07) is 0. The van der Waals surface area contributed by atoms with E-state index >= 15 is 0 Å². The van der Waals surface area contributed by atoms with Gasteiger partial charge in [-0.3, -0.25) is 4.79 Å². The summed E-state index contributed by atoms with van der Waals surface area (Å²) in [7, 11) is 0. The van der Waals surface area contributed by atoms with E-state index in [9.17, 15) is 4.79 Å². The van der Waals surface area contributed by atoms with Crippen molar-refractivity contribution >= 4 is 0 Å².